The van der Waals surface area contributed by atoms with Gasteiger partial charge in [0.1, 0.15) is 0 Å². The summed E-state index contributed by atoms with van der Waals surface area (Å²) in [7, 11) is 0. The summed E-state index contributed by atoms with van der Waals surface area (Å²) in [5.74, 6) is 2.25. The fraction of sp³-hybridized carbons (Fsp3) is 0.800. The van der Waals surface area contributed by atoms with Crippen LogP contribution < -0.4 is 0 Å². The zero-order valence-corrected chi connectivity index (χ0v) is 10.4. The fourth-order valence-electron chi connectivity index (χ4n) is 4.92. The predicted molar refractivity (Wildman–Crippen MR) is 66.6 cm³/mol. The molecule has 0 aromatic carbocycles. The van der Waals surface area contributed by atoms with E-state index >= 15 is 0 Å². The molecule has 0 saturated heterocycles. The molecule has 4 rings (SSSR count). The number of rotatable bonds is 4. The lowest BCUT2D eigenvalue weighted by Gasteiger charge is -2.56. The summed E-state index contributed by atoms with van der Waals surface area (Å²) in [6.45, 7) is 0. The standard InChI is InChI=1S/C15H22O2/c16-14(17)3-1-2-4-15-8-11-5-12(9-15)7-13(6-11)10-15/h2,4,11-13H,1,3,5-10H2,(H,16,17)/b4-2+. The molecular formula is C15H22O2. The Labute approximate surface area is 103 Å². The highest BCUT2D eigenvalue weighted by atomic mass is 16.4. The predicted octanol–water partition coefficient (Wildman–Crippen LogP) is 3.62. The molecule has 94 valence electrons. The molecule has 0 aliphatic heterocycles. The Kier molecular flexibility index (Phi) is 2.76. The Morgan fingerprint density at radius 2 is 1.65 bits per heavy atom. The van der Waals surface area contributed by atoms with Crippen LogP contribution in [-0.2, 0) is 4.79 Å². The Balaban J connectivity index is 1.64. The van der Waals surface area contributed by atoms with Crippen LogP contribution in [0, 0.1) is 23.2 Å². The number of allylic oxidation sites excluding steroid dienone is 2. The lowest BCUT2D eigenvalue weighted by molar-refractivity contribution is -0.136. The molecule has 0 amide bonds. The van der Waals surface area contributed by atoms with Gasteiger partial charge in [-0.3, -0.25) is 4.79 Å². The first kappa shape index (κ1) is 11.3. The molecule has 4 fully saturated rings. The Morgan fingerprint density at radius 3 is 2.12 bits per heavy atom. The second kappa shape index (κ2) is 4.15. The van der Waals surface area contributed by atoms with Crippen molar-refractivity contribution in [3.05, 3.63) is 12.2 Å². The van der Waals surface area contributed by atoms with Gasteiger partial charge in [0.2, 0.25) is 0 Å². The number of hydrogen-bond acceptors (Lipinski definition) is 1. The number of hydrogen-bond donors (Lipinski definition) is 1. The van der Waals surface area contributed by atoms with Crippen molar-refractivity contribution in [3.8, 4) is 0 Å². The van der Waals surface area contributed by atoms with Crippen LogP contribution in [0.25, 0.3) is 0 Å². The first-order valence-electron chi connectivity index (χ1n) is 7.05. The topological polar surface area (TPSA) is 37.3 Å². The number of carboxylic acid groups (broad SMARTS) is 1. The second-order valence-electron chi connectivity index (χ2n) is 6.61. The van der Waals surface area contributed by atoms with Gasteiger partial charge in [0, 0.05) is 6.42 Å². The van der Waals surface area contributed by atoms with E-state index in [-0.39, 0.29) is 6.42 Å². The fourth-order valence-corrected chi connectivity index (χ4v) is 4.92. The van der Waals surface area contributed by atoms with Crippen LogP contribution in [0.2, 0.25) is 0 Å². The van der Waals surface area contributed by atoms with Crippen molar-refractivity contribution in [2.75, 3.05) is 0 Å². The van der Waals surface area contributed by atoms with Crippen molar-refractivity contribution in [2.24, 2.45) is 23.2 Å². The first-order valence-corrected chi connectivity index (χ1v) is 7.05. The Hall–Kier alpha value is -0.790. The van der Waals surface area contributed by atoms with Crippen LogP contribution >= 0.6 is 0 Å². The SMILES string of the molecule is O=C(O)CC/C=C/C12CC3CC(CC(C3)C1)C2. The molecule has 0 aromatic rings. The summed E-state index contributed by atoms with van der Waals surface area (Å²) in [6.07, 6.45) is 14.1. The molecule has 0 unspecified atom stereocenters. The van der Waals surface area contributed by atoms with Gasteiger partial charge in [-0.25, -0.2) is 0 Å². The van der Waals surface area contributed by atoms with E-state index in [4.69, 9.17) is 5.11 Å². The van der Waals surface area contributed by atoms with Gasteiger partial charge in [0.05, 0.1) is 0 Å². The number of aliphatic carboxylic acids is 1. The largest absolute Gasteiger partial charge is 0.481 e. The highest BCUT2D eigenvalue weighted by Gasteiger charge is 2.49. The normalized spacial score (nSPS) is 43.4. The van der Waals surface area contributed by atoms with Crippen molar-refractivity contribution < 1.29 is 9.90 Å². The van der Waals surface area contributed by atoms with E-state index in [1.807, 2.05) is 0 Å². The summed E-state index contributed by atoms with van der Waals surface area (Å²) < 4.78 is 0. The highest BCUT2D eigenvalue weighted by molar-refractivity contribution is 5.66. The van der Waals surface area contributed by atoms with Gasteiger partial charge in [0.25, 0.3) is 0 Å². The molecule has 0 atom stereocenters. The van der Waals surface area contributed by atoms with E-state index < -0.39 is 5.97 Å². The Morgan fingerprint density at radius 1 is 1.12 bits per heavy atom. The van der Waals surface area contributed by atoms with Gasteiger partial charge in [-0.2, -0.15) is 0 Å². The second-order valence-corrected chi connectivity index (χ2v) is 6.61. The van der Waals surface area contributed by atoms with Crippen LogP contribution in [0.1, 0.15) is 51.4 Å². The minimum absolute atomic E-state index is 0.281. The van der Waals surface area contributed by atoms with Gasteiger partial charge < -0.3 is 5.11 Å². The molecule has 0 radical (unpaired) electrons. The van der Waals surface area contributed by atoms with E-state index in [0.29, 0.717) is 11.8 Å². The first-order chi connectivity index (χ1) is 8.15. The van der Waals surface area contributed by atoms with Crippen LogP contribution in [0.5, 0.6) is 0 Å². The molecule has 4 aliphatic carbocycles. The van der Waals surface area contributed by atoms with Crippen molar-refractivity contribution in [2.45, 2.75) is 51.4 Å². The van der Waals surface area contributed by atoms with Gasteiger partial charge in [0.15, 0.2) is 0 Å². The van der Waals surface area contributed by atoms with Crippen LogP contribution in [0.15, 0.2) is 12.2 Å². The zero-order chi connectivity index (χ0) is 11.9. The minimum atomic E-state index is -0.680. The van der Waals surface area contributed by atoms with Crippen LogP contribution in [0.4, 0.5) is 0 Å². The highest BCUT2D eigenvalue weighted by Crippen LogP contribution is 2.60. The monoisotopic (exact) mass is 234 g/mol. The lowest BCUT2D eigenvalue weighted by atomic mass is 9.49. The molecule has 2 nitrogen and oxygen atoms in total. The summed E-state index contributed by atoms with van der Waals surface area (Å²) in [4.78, 5) is 10.5. The average molecular weight is 234 g/mol. The Bertz CT molecular complexity index is 308. The third-order valence-electron chi connectivity index (χ3n) is 5.08. The van der Waals surface area contributed by atoms with E-state index in [2.05, 4.69) is 12.2 Å². The van der Waals surface area contributed by atoms with E-state index in [1.165, 1.54) is 38.5 Å². The van der Waals surface area contributed by atoms with Gasteiger partial charge in [-0.15, -0.1) is 0 Å². The number of carbonyl (C=O) groups is 1. The van der Waals surface area contributed by atoms with Gasteiger partial charge >= 0.3 is 5.97 Å². The zero-order valence-electron chi connectivity index (χ0n) is 10.4. The third-order valence-corrected chi connectivity index (χ3v) is 5.08. The van der Waals surface area contributed by atoms with Crippen molar-refractivity contribution in [1.29, 1.82) is 0 Å². The lowest BCUT2D eigenvalue weighted by Crippen LogP contribution is -2.44. The molecule has 4 aliphatic rings. The van der Waals surface area contributed by atoms with E-state index in [0.717, 1.165) is 17.8 Å². The quantitative estimate of drug-likeness (QED) is 0.754. The molecular weight excluding hydrogens is 212 g/mol. The molecule has 0 aromatic heterocycles. The number of carboxylic acids is 1. The van der Waals surface area contributed by atoms with Crippen molar-refractivity contribution in [1.82, 2.24) is 0 Å². The summed E-state index contributed by atoms with van der Waals surface area (Å²) in [5, 5.41) is 8.64. The summed E-state index contributed by atoms with van der Waals surface area (Å²) in [5.41, 5.74) is 0.466. The van der Waals surface area contributed by atoms with Crippen molar-refractivity contribution in [3.63, 3.8) is 0 Å². The molecule has 4 saturated carbocycles. The smallest absolute Gasteiger partial charge is 0.303 e. The van der Waals surface area contributed by atoms with E-state index in [9.17, 15) is 4.79 Å². The third kappa shape index (κ3) is 2.27. The van der Waals surface area contributed by atoms with Gasteiger partial charge in [-0.05, 0) is 68.1 Å². The molecule has 0 spiro atoms. The maximum absolute atomic E-state index is 10.5. The van der Waals surface area contributed by atoms with E-state index in [1.54, 1.807) is 0 Å². The summed E-state index contributed by atoms with van der Waals surface area (Å²) >= 11 is 0. The average Bonchev–Trinajstić information content (AvgIpc) is 2.22. The molecule has 17 heavy (non-hydrogen) atoms. The van der Waals surface area contributed by atoms with Gasteiger partial charge in [-0.1, -0.05) is 12.2 Å². The maximum atomic E-state index is 10.5. The molecule has 1 N–H and O–H groups in total. The minimum Gasteiger partial charge on any atom is -0.481 e. The molecule has 0 heterocycles. The maximum Gasteiger partial charge on any atom is 0.303 e. The summed E-state index contributed by atoms with van der Waals surface area (Å²) in [6, 6.07) is 0. The molecule has 2 heteroatoms. The van der Waals surface area contributed by atoms with Crippen LogP contribution in [0.3, 0.4) is 0 Å². The van der Waals surface area contributed by atoms with Crippen molar-refractivity contribution >= 4 is 5.97 Å². The van der Waals surface area contributed by atoms with Crippen LogP contribution in [-0.4, -0.2) is 11.1 Å². The molecule has 4 bridgehead atoms.